The Morgan fingerprint density at radius 1 is 1.33 bits per heavy atom. The monoisotopic (exact) mass is 364 g/mol. The Labute approximate surface area is 161 Å². The first kappa shape index (κ1) is 18.4. The first-order valence-electron chi connectivity index (χ1n) is 9.83. The summed E-state index contributed by atoms with van der Waals surface area (Å²) in [7, 11) is 0. The summed E-state index contributed by atoms with van der Waals surface area (Å²) in [6, 6.07) is 9.07. The Hall–Kier alpha value is -2.01. The maximum Gasteiger partial charge on any atom is 0.111 e. The van der Waals surface area contributed by atoms with Crippen molar-refractivity contribution in [3.63, 3.8) is 0 Å². The molecule has 2 aliphatic carbocycles. The number of nitrogens with one attached hydrogen (secondary N) is 1. The Morgan fingerprint density at radius 2 is 2.15 bits per heavy atom. The Morgan fingerprint density at radius 3 is 3.00 bits per heavy atom. The maximum atomic E-state index is 10.5. The highest BCUT2D eigenvalue weighted by molar-refractivity contribution is 5.87. The molecule has 142 valence electrons. The molecule has 3 atom stereocenters. The van der Waals surface area contributed by atoms with Gasteiger partial charge in [0.15, 0.2) is 0 Å². The van der Waals surface area contributed by atoms with Crippen LogP contribution in [0.3, 0.4) is 0 Å². The second-order valence-electron chi connectivity index (χ2n) is 7.92. The van der Waals surface area contributed by atoms with E-state index in [1.165, 1.54) is 11.1 Å². The number of aliphatic hydroxyl groups excluding tert-OH is 1. The lowest BCUT2D eigenvalue weighted by Gasteiger charge is -2.32. The highest BCUT2D eigenvalue weighted by Crippen LogP contribution is 2.38. The molecule has 0 saturated heterocycles. The van der Waals surface area contributed by atoms with Crippen LogP contribution < -0.4 is 5.32 Å². The van der Waals surface area contributed by atoms with Crippen molar-refractivity contribution in [3.05, 3.63) is 70.5 Å². The molecule has 0 fully saturated rings. The highest BCUT2D eigenvalue weighted by Gasteiger charge is 2.35. The first-order valence-corrected chi connectivity index (χ1v) is 9.83. The molecule has 27 heavy (non-hydrogen) atoms. The average molecular weight is 364 g/mol. The molecule has 0 bridgehead atoms. The minimum Gasteiger partial charge on any atom is -0.389 e. The quantitative estimate of drug-likeness (QED) is 0.815. The van der Waals surface area contributed by atoms with Crippen LogP contribution >= 0.6 is 0 Å². The molecular formula is C23H28N2O2. The van der Waals surface area contributed by atoms with E-state index in [1.807, 2.05) is 31.4 Å². The molecule has 3 aliphatic rings. The smallest absolute Gasteiger partial charge is 0.111 e. The molecule has 1 heterocycles. The fourth-order valence-corrected chi connectivity index (χ4v) is 4.30. The van der Waals surface area contributed by atoms with Gasteiger partial charge >= 0.3 is 0 Å². The maximum absolute atomic E-state index is 10.5. The van der Waals surface area contributed by atoms with Crippen LogP contribution in [0.2, 0.25) is 0 Å². The molecule has 1 aromatic rings. The number of fused-ring (bicyclic) bond motifs is 2. The summed E-state index contributed by atoms with van der Waals surface area (Å²) < 4.78 is 6.16. The van der Waals surface area contributed by atoms with Gasteiger partial charge in [0.1, 0.15) is 5.60 Å². The third-order valence-corrected chi connectivity index (χ3v) is 5.78. The molecular weight excluding hydrogens is 336 g/mol. The average Bonchev–Trinajstić information content (AvgIpc) is 3.07. The van der Waals surface area contributed by atoms with Crippen LogP contribution in [0.4, 0.5) is 0 Å². The molecule has 0 saturated carbocycles. The summed E-state index contributed by atoms with van der Waals surface area (Å²) in [5, 5.41) is 14.0. The number of hydrogen-bond acceptors (Lipinski definition) is 4. The van der Waals surface area contributed by atoms with Gasteiger partial charge in [-0.3, -0.25) is 4.99 Å². The molecule has 1 aromatic carbocycles. The summed E-state index contributed by atoms with van der Waals surface area (Å²) in [6.45, 7) is 4.94. The number of benzene rings is 1. The normalized spacial score (nSPS) is 27.4. The minimum absolute atomic E-state index is 0.293. The van der Waals surface area contributed by atoms with Crippen molar-refractivity contribution in [1.29, 1.82) is 0 Å². The van der Waals surface area contributed by atoms with Crippen molar-refractivity contribution in [2.75, 3.05) is 13.2 Å². The fraction of sp³-hybridized carbons (Fsp3) is 0.435. The van der Waals surface area contributed by atoms with Crippen LogP contribution in [0.1, 0.15) is 31.4 Å². The molecule has 4 nitrogen and oxygen atoms in total. The number of allylic oxidation sites excluding steroid dienone is 3. The van der Waals surface area contributed by atoms with E-state index >= 15 is 0 Å². The second-order valence-corrected chi connectivity index (χ2v) is 7.92. The number of aliphatic hydroxyl groups is 1. The van der Waals surface area contributed by atoms with E-state index in [0.717, 1.165) is 36.1 Å². The number of rotatable bonds is 6. The van der Waals surface area contributed by atoms with Crippen molar-refractivity contribution in [1.82, 2.24) is 5.32 Å². The molecule has 0 radical (unpaired) electrons. The number of ether oxygens (including phenoxy) is 1. The zero-order chi connectivity index (χ0) is 18.9. The van der Waals surface area contributed by atoms with Crippen LogP contribution in [0.25, 0.3) is 0 Å². The standard InChI is InChI=1S/C23H28N2O2/c1-16-13-25-21-8-5-11-23(2,22(16)21)27-15-20(26)14-24-19-10-9-17-6-3-4-7-18(17)12-19/h3-8,11,13,19-20,24,26H,9-10,12,14-15H2,1-2H3. The zero-order valence-electron chi connectivity index (χ0n) is 16.1. The van der Waals surface area contributed by atoms with Crippen molar-refractivity contribution in [3.8, 4) is 0 Å². The van der Waals surface area contributed by atoms with Crippen molar-refractivity contribution in [2.24, 2.45) is 4.99 Å². The topological polar surface area (TPSA) is 53.9 Å². The van der Waals surface area contributed by atoms with E-state index < -0.39 is 11.7 Å². The van der Waals surface area contributed by atoms with E-state index in [0.29, 0.717) is 19.2 Å². The van der Waals surface area contributed by atoms with Crippen LogP contribution in [0.5, 0.6) is 0 Å². The van der Waals surface area contributed by atoms with E-state index in [9.17, 15) is 5.11 Å². The zero-order valence-corrected chi connectivity index (χ0v) is 16.1. The van der Waals surface area contributed by atoms with E-state index in [1.54, 1.807) is 0 Å². The van der Waals surface area contributed by atoms with E-state index in [-0.39, 0.29) is 0 Å². The number of aliphatic imine (C=N–C) groups is 1. The highest BCUT2D eigenvalue weighted by atomic mass is 16.5. The molecule has 0 amide bonds. The first-order chi connectivity index (χ1) is 13.0. The summed E-state index contributed by atoms with van der Waals surface area (Å²) in [5.41, 5.74) is 5.55. The van der Waals surface area contributed by atoms with Crippen LogP contribution in [0.15, 0.2) is 64.3 Å². The summed E-state index contributed by atoms with van der Waals surface area (Å²) in [5.74, 6) is 0. The SMILES string of the molecule is CC1=C2C(=CC=CC2(C)OCC(O)CNC2CCc3ccccc3C2)N=C1. The predicted octanol–water partition coefficient (Wildman–Crippen LogP) is 3.12. The van der Waals surface area contributed by atoms with Gasteiger partial charge in [0.2, 0.25) is 0 Å². The molecule has 2 N–H and O–H groups in total. The summed E-state index contributed by atoms with van der Waals surface area (Å²) >= 11 is 0. The van der Waals surface area contributed by atoms with E-state index in [2.05, 4.69) is 41.5 Å². The predicted molar refractivity (Wildman–Crippen MR) is 109 cm³/mol. The van der Waals surface area contributed by atoms with Gasteiger partial charge in [0.25, 0.3) is 0 Å². The van der Waals surface area contributed by atoms with Crippen molar-refractivity contribution < 1.29 is 9.84 Å². The van der Waals surface area contributed by atoms with Gasteiger partial charge in [-0.05, 0) is 62.0 Å². The van der Waals surface area contributed by atoms with Gasteiger partial charge in [-0.25, -0.2) is 0 Å². The lowest BCUT2D eigenvalue weighted by Crippen LogP contribution is -2.42. The third-order valence-electron chi connectivity index (χ3n) is 5.78. The summed E-state index contributed by atoms with van der Waals surface area (Å²) in [6.07, 6.45) is 10.6. The Bertz CT molecular complexity index is 837. The lowest BCUT2D eigenvalue weighted by atomic mass is 9.87. The fourth-order valence-electron chi connectivity index (χ4n) is 4.30. The van der Waals surface area contributed by atoms with E-state index in [4.69, 9.17) is 4.74 Å². The third kappa shape index (κ3) is 3.84. The largest absolute Gasteiger partial charge is 0.389 e. The molecule has 0 aromatic heterocycles. The number of hydrogen-bond donors (Lipinski definition) is 2. The molecule has 3 unspecified atom stereocenters. The summed E-state index contributed by atoms with van der Waals surface area (Å²) in [4.78, 5) is 4.43. The Balaban J connectivity index is 1.28. The number of aryl methyl sites for hydroxylation is 1. The van der Waals surface area contributed by atoms with Gasteiger partial charge in [-0.2, -0.15) is 0 Å². The number of nitrogens with zero attached hydrogens (tertiary/aromatic N) is 1. The van der Waals surface area contributed by atoms with Gasteiger partial charge in [-0.15, -0.1) is 0 Å². The Kier molecular flexibility index (Phi) is 5.13. The van der Waals surface area contributed by atoms with Crippen molar-refractivity contribution in [2.45, 2.75) is 50.9 Å². The molecule has 0 spiro atoms. The van der Waals surface area contributed by atoms with Crippen molar-refractivity contribution >= 4 is 6.21 Å². The lowest BCUT2D eigenvalue weighted by molar-refractivity contribution is -0.0234. The van der Waals surface area contributed by atoms with Gasteiger partial charge in [0.05, 0.1) is 18.4 Å². The van der Waals surface area contributed by atoms with Crippen LogP contribution in [-0.2, 0) is 17.6 Å². The van der Waals surface area contributed by atoms with Crippen LogP contribution in [-0.4, -0.2) is 42.2 Å². The molecule has 4 rings (SSSR count). The van der Waals surface area contributed by atoms with Crippen LogP contribution in [0, 0.1) is 0 Å². The molecule has 1 aliphatic heterocycles. The minimum atomic E-state index is -0.537. The van der Waals surface area contributed by atoms with Gasteiger partial charge < -0.3 is 15.2 Å². The van der Waals surface area contributed by atoms with Gasteiger partial charge in [0, 0.05) is 24.4 Å². The second kappa shape index (κ2) is 7.55. The van der Waals surface area contributed by atoms with Gasteiger partial charge in [-0.1, -0.05) is 30.3 Å². The molecule has 4 heteroatoms.